The number of anilines is 1. The average Bonchev–Trinajstić information content (AvgIpc) is 3.39. The smallest absolute Gasteiger partial charge is 0.355 e. The number of aromatic nitrogens is 2. The van der Waals surface area contributed by atoms with Gasteiger partial charge in [0.25, 0.3) is 0 Å². The molecule has 0 amide bonds. The van der Waals surface area contributed by atoms with Gasteiger partial charge >= 0.3 is 5.95 Å². The lowest BCUT2D eigenvalue weighted by atomic mass is 10.0. The molecule has 2 heterocycles. The highest BCUT2D eigenvalue weighted by molar-refractivity contribution is 5.95. The van der Waals surface area contributed by atoms with Crippen LogP contribution >= 0.6 is 0 Å². The predicted molar refractivity (Wildman–Crippen MR) is 118 cm³/mol. The van der Waals surface area contributed by atoms with Crippen molar-refractivity contribution in [2.75, 3.05) is 12.5 Å². The van der Waals surface area contributed by atoms with Gasteiger partial charge in [0, 0.05) is 11.1 Å². The molecular formula is C25H22N3O3+. The molecule has 1 aromatic heterocycles. The molecule has 0 spiro atoms. The molecule has 6 heteroatoms. The monoisotopic (exact) mass is 412 g/mol. The first kappa shape index (κ1) is 18.9. The first-order chi connectivity index (χ1) is 15.1. The van der Waals surface area contributed by atoms with Crippen LogP contribution in [0, 0.1) is 0 Å². The van der Waals surface area contributed by atoms with Crippen LogP contribution in [0.5, 0.6) is 11.5 Å². The molecule has 4 aromatic rings. The number of carbonyl (C=O) groups excluding carboxylic acids is 1. The highest BCUT2D eigenvalue weighted by Crippen LogP contribution is 2.32. The molecule has 5 rings (SSSR count). The lowest BCUT2D eigenvalue weighted by molar-refractivity contribution is -0.667. The minimum absolute atomic E-state index is 0.0495. The molecule has 0 aliphatic carbocycles. The van der Waals surface area contributed by atoms with E-state index in [1.54, 1.807) is 22.8 Å². The van der Waals surface area contributed by atoms with Crippen molar-refractivity contribution in [1.82, 2.24) is 4.57 Å². The van der Waals surface area contributed by atoms with E-state index in [9.17, 15) is 4.79 Å². The van der Waals surface area contributed by atoms with Crippen LogP contribution in [0.15, 0.2) is 79.0 Å². The number of ketones is 1. The molecule has 0 saturated heterocycles. The van der Waals surface area contributed by atoms with Crippen LogP contribution in [0.25, 0.3) is 22.4 Å². The van der Waals surface area contributed by atoms with Crippen LogP contribution in [-0.4, -0.2) is 17.1 Å². The predicted octanol–water partition coefficient (Wildman–Crippen LogP) is 3.84. The number of benzene rings is 3. The Labute approximate surface area is 180 Å². The van der Waals surface area contributed by atoms with Crippen molar-refractivity contribution in [2.24, 2.45) is 7.05 Å². The zero-order valence-corrected chi connectivity index (χ0v) is 17.1. The number of imidazole rings is 1. The van der Waals surface area contributed by atoms with Crippen LogP contribution in [-0.2, 0) is 13.6 Å². The van der Waals surface area contributed by atoms with Gasteiger partial charge in [0.05, 0.1) is 7.05 Å². The maximum atomic E-state index is 12.8. The minimum atomic E-state index is -0.0495. The van der Waals surface area contributed by atoms with Gasteiger partial charge in [-0.15, -0.1) is 0 Å². The summed E-state index contributed by atoms with van der Waals surface area (Å²) < 4.78 is 14.4. The van der Waals surface area contributed by atoms with Crippen molar-refractivity contribution in [3.05, 3.63) is 84.6 Å². The second-order valence-corrected chi connectivity index (χ2v) is 7.49. The molecular weight excluding hydrogens is 390 g/mol. The van der Waals surface area contributed by atoms with Gasteiger partial charge in [0.15, 0.2) is 17.3 Å². The maximum absolute atomic E-state index is 12.8. The van der Waals surface area contributed by atoms with Crippen molar-refractivity contribution in [1.29, 1.82) is 0 Å². The van der Waals surface area contributed by atoms with E-state index < -0.39 is 0 Å². The average molecular weight is 412 g/mol. The number of fused-ring (bicyclic) bond motifs is 1. The van der Waals surface area contributed by atoms with Crippen molar-refractivity contribution >= 4 is 11.7 Å². The Hall–Kier alpha value is -4.06. The molecule has 2 N–H and O–H groups in total. The Morgan fingerprint density at radius 2 is 1.61 bits per heavy atom. The topological polar surface area (TPSA) is 70.4 Å². The highest BCUT2D eigenvalue weighted by Gasteiger charge is 2.22. The summed E-state index contributed by atoms with van der Waals surface area (Å²) in [7, 11) is 1.90. The summed E-state index contributed by atoms with van der Waals surface area (Å²) in [6, 6.07) is 23.8. The van der Waals surface area contributed by atoms with E-state index in [4.69, 9.17) is 15.2 Å². The molecule has 0 saturated carbocycles. The SMILES string of the molecule is Cn1c(-c2ccc(-c3ccccc3)cc2)c[n+](CC(=O)c2ccc3c(c2)OCO3)c1N. The summed E-state index contributed by atoms with van der Waals surface area (Å²) in [6.07, 6.45) is 1.91. The molecule has 3 aromatic carbocycles. The number of nitrogens with zero attached hydrogens (tertiary/aromatic N) is 2. The summed E-state index contributed by atoms with van der Waals surface area (Å²) in [6.45, 7) is 0.321. The Morgan fingerprint density at radius 3 is 2.39 bits per heavy atom. The largest absolute Gasteiger partial charge is 0.454 e. The lowest BCUT2D eigenvalue weighted by Crippen LogP contribution is -2.39. The Bertz CT molecular complexity index is 1260. The quantitative estimate of drug-likeness (QED) is 0.399. The van der Waals surface area contributed by atoms with Gasteiger partial charge in [-0.1, -0.05) is 54.6 Å². The van der Waals surface area contributed by atoms with E-state index in [1.807, 2.05) is 36.0 Å². The molecule has 154 valence electrons. The third-order valence-electron chi connectivity index (χ3n) is 5.57. The summed E-state index contributed by atoms with van der Waals surface area (Å²) in [5.41, 5.74) is 11.2. The number of Topliss-reactive ketones (excluding diaryl/α,β-unsaturated/α-hetero) is 1. The number of ether oxygens (including phenoxy) is 2. The second-order valence-electron chi connectivity index (χ2n) is 7.49. The molecule has 6 nitrogen and oxygen atoms in total. The molecule has 0 fully saturated rings. The first-order valence-corrected chi connectivity index (χ1v) is 10.0. The van der Waals surface area contributed by atoms with E-state index in [0.29, 0.717) is 23.0 Å². The summed E-state index contributed by atoms with van der Waals surface area (Å²) >= 11 is 0. The van der Waals surface area contributed by atoms with Crippen molar-refractivity contribution in [3.8, 4) is 33.9 Å². The van der Waals surface area contributed by atoms with E-state index in [2.05, 4.69) is 36.4 Å². The van der Waals surface area contributed by atoms with Crippen LogP contribution < -0.4 is 19.8 Å². The maximum Gasteiger partial charge on any atom is 0.355 e. The van der Waals surface area contributed by atoms with Crippen LogP contribution in [0.2, 0.25) is 0 Å². The normalized spacial score (nSPS) is 12.2. The van der Waals surface area contributed by atoms with Crippen molar-refractivity contribution in [3.63, 3.8) is 0 Å². The minimum Gasteiger partial charge on any atom is -0.454 e. The summed E-state index contributed by atoms with van der Waals surface area (Å²) in [5, 5.41) is 0. The van der Waals surface area contributed by atoms with Gasteiger partial charge in [-0.2, -0.15) is 0 Å². The fourth-order valence-electron chi connectivity index (χ4n) is 3.79. The van der Waals surface area contributed by atoms with E-state index in [-0.39, 0.29) is 19.1 Å². The number of rotatable bonds is 5. The first-order valence-electron chi connectivity index (χ1n) is 10.0. The van der Waals surface area contributed by atoms with Gasteiger partial charge < -0.3 is 9.47 Å². The molecule has 0 atom stereocenters. The lowest BCUT2D eigenvalue weighted by Gasteiger charge is -2.03. The van der Waals surface area contributed by atoms with E-state index in [0.717, 1.165) is 16.8 Å². The number of nitrogens with two attached hydrogens (primary N) is 1. The standard InChI is InChI=1S/C25H21N3O3/c1-27-21(19-9-7-18(8-10-19)17-5-3-2-4-6-17)14-28(25(27)26)15-22(29)20-11-12-23-24(13-20)31-16-30-23/h2-14,26H,15-16H2,1H3/p+1. The summed E-state index contributed by atoms with van der Waals surface area (Å²) in [4.78, 5) is 12.8. The van der Waals surface area contributed by atoms with Gasteiger partial charge in [-0.3, -0.25) is 10.5 Å². The Kier molecular flexibility index (Phi) is 4.67. The Morgan fingerprint density at radius 1 is 0.935 bits per heavy atom. The zero-order chi connectivity index (χ0) is 21.4. The number of hydrogen-bond acceptors (Lipinski definition) is 4. The third-order valence-corrected chi connectivity index (χ3v) is 5.57. The molecule has 1 aliphatic heterocycles. The van der Waals surface area contributed by atoms with Gasteiger partial charge in [-0.25, -0.2) is 9.13 Å². The van der Waals surface area contributed by atoms with Gasteiger partial charge in [-0.05, 0) is 29.3 Å². The van der Waals surface area contributed by atoms with Crippen LogP contribution in [0.1, 0.15) is 10.4 Å². The highest BCUT2D eigenvalue weighted by atomic mass is 16.7. The second kappa shape index (κ2) is 7.65. The number of carbonyl (C=O) groups is 1. The fraction of sp³-hybridized carbons (Fsp3) is 0.120. The van der Waals surface area contributed by atoms with Gasteiger partial charge in [0.1, 0.15) is 18.4 Å². The number of hydrogen-bond donors (Lipinski definition) is 1. The fourth-order valence-corrected chi connectivity index (χ4v) is 3.79. The zero-order valence-electron chi connectivity index (χ0n) is 17.1. The van der Waals surface area contributed by atoms with Crippen molar-refractivity contribution in [2.45, 2.75) is 6.54 Å². The van der Waals surface area contributed by atoms with E-state index in [1.165, 1.54) is 5.56 Å². The van der Waals surface area contributed by atoms with Gasteiger partial charge in [0.2, 0.25) is 6.79 Å². The molecule has 31 heavy (non-hydrogen) atoms. The summed E-state index contributed by atoms with van der Waals surface area (Å²) in [5.74, 6) is 1.71. The molecule has 0 bridgehead atoms. The molecule has 1 aliphatic rings. The Balaban J connectivity index is 1.39. The molecule has 0 radical (unpaired) electrons. The molecule has 0 unspecified atom stereocenters. The van der Waals surface area contributed by atoms with Crippen molar-refractivity contribution < 1.29 is 18.8 Å². The van der Waals surface area contributed by atoms with E-state index >= 15 is 0 Å². The van der Waals surface area contributed by atoms with Crippen LogP contribution in [0.3, 0.4) is 0 Å². The van der Waals surface area contributed by atoms with Crippen LogP contribution in [0.4, 0.5) is 5.95 Å². The third kappa shape index (κ3) is 3.53. The number of nitrogen functional groups attached to an aromatic ring is 1.